The third kappa shape index (κ3) is 3.01. The Hall–Kier alpha value is -1.98. The summed E-state index contributed by atoms with van der Waals surface area (Å²) in [5, 5.41) is 2.54. The van der Waals surface area contributed by atoms with Crippen LogP contribution in [-0.2, 0) is 4.79 Å². The number of carbonyl (C=O) groups excluding carboxylic acids is 2. The average molecular weight is 222 g/mol. The molecule has 0 saturated carbocycles. The van der Waals surface area contributed by atoms with E-state index in [1.807, 2.05) is 0 Å². The minimum Gasteiger partial charge on any atom is -0.347 e. The van der Waals surface area contributed by atoms with Crippen molar-refractivity contribution in [3.8, 4) is 0 Å². The number of nitrogens with zero attached hydrogens (tertiary/aromatic N) is 3. The molecule has 0 spiro atoms. The van der Waals surface area contributed by atoms with E-state index in [1.54, 1.807) is 21.0 Å². The van der Waals surface area contributed by atoms with Crippen LogP contribution in [-0.4, -0.2) is 46.8 Å². The Labute approximate surface area is 93.7 Å². The molecule has 0 radical (unpaired) electrons. The fourth-order valence-corrected chi connectivity index (χ4v) is 1.14. The number of hydrogen-bond donors (Lipinski definition) is 1. The molecule has 1 heterocycles. The van der Waals surface area contributed by atoms with Crippen LogP contribution < -0.4 is 5.32 Å². The van der Waals surface area contributed by atoms with Gasteiger partial charge >= 0.3 is 0 Å². The molecule has 6 heteroatoms. The summed E-state index contributed by atoms with van der Waals surface area (Å²) in [4.78, 5) is 32.1. The zero-order valence-electron chi connectivity index (χ0n) is 9.47. The van der Waals surface area contributed by atoms with Crippen molar-refractivity contribution in [3.05, 3.63) is 24.3 Å². The van der Waals surface area contributed by atoms with Crippen LogP contribution in [0.3, 0.4) is 0 Å². The molecule has 6 nitrogen and oxygen atoms in total. The lowest BCUT2D eigenvalue weighted by Crippen LogP contribution is -2.44. The van der Waals surface area contributed by atoms with Crippen LogP contribution in [0.4, 0.5) is 0 Å². The van der Waals surface area contributed by atoms with Gasteiger partial charge in [-0.25, -0.2) is 4.98 Å². The van der Waals surface area contributed by atoms with Gasteiger partial charge in [0.05, 0.1) is 6.20 Å². The van der Waals surface area contributed by atoms with Crippen molar-refractivity contribution in [1.29, 1.82) is 0 Å². The molecule has 2 amide bonds. The number of nitrogens with one attached hydrogen (secondary N) is 1. The van der Waals surface area contributed by atoms with Gasteiger partial charge in [0.1, 0.15) is 11.7 Å². The van der Waals surface area contributed by atoms with Gasteiger partial charge in [0.15, 0.2) is 0 Å². The molecule has 0 unspecified atom stereocenters. The van der Waals surface area contributed by atoms with Crippen LogP contribution in [0.25, 0.3) is 0 Å². The molecule has 1 N–H and O–H groups in total. The van der Waals surface area contributed by atoms with Gasteiger partial charge in [-0.05, 0) is 6.92 Å². The van der Waals surface area contributed by atoms with Gasteiger partial charge in [-0.3, -0.25) is 14.6 Å². The topological polar surface area (TPSA) is 75.2 Å². The highest BCUT2D eigenvalue weighted by Crippen LogP contribution is 1.94. The first-order valence-electron chi connectivity index (χ1n) is 4.80. The Bertz CT molecular complexity index is 378. The lowest BCUT2D eigenvalue weighted by molar-refractivity contribution is -0.130. The lowest BCUT2D eigenvalue weighted by Gasteiger charge is -2.17. The normalized spacial score (nSPS) is 11.7. The summed E-state index contributed by atoms with van der Waals surface area (Å²) >= 11 is 0. The highest BCUT2D eigenvalue weighted by molar-refractivity contribution is 5.95. The van der Waals surface area contributed by atoms with Gasteiger partial charge in [0, 0.05) is 26.5 Å². The number of rotatable bonds is 3. The third-order valence-corrected chi connectivity index (χ3v) is 1.95. The predicted molar refractivity (Wildman–Crippen MR) is 57.7 cm³/mol. The molecule has 0 aliphatic carbocycles. The summed E-state index contributed by atoms with van der Waals surface area (Å²) in [5.74, 6) is -0.576. The molecule has 0 aromatic carbocycles. The van der Waals surface area contributed by atoms with Crippen molar-refractivity contribution >= 4 is 11.8 Å². The van der Waals surface area contributed by atoms with Crippen molar-refractivity contribution in [2.24, 2.45) is 0 Å². The van der Waals surface area contributed by atoms with Crippen molar-refractivity contribution < 1.29 is 9.59 Å². The maximum absolute atomic E-state index is 11.6. The van der Waals surface area contributed by atoms with Crippen LogP contribution in [0.2, 0.25) is 0 Å². The molecule has 0 aliphatic heterocycles. The standard InChI is InChI=1S/C10H14N4O2/c1-7(10(16)14(2)3)13-9(15)8-6-11-4-5-12-8/h4-7H,1-3H3,(H,13,15)/t7-/m0/s1. The highest BCUT2D eigenvalue weighted by atomic mass is 16.2. The Balaban J connectivity index is 2.62. The monoisotopic (exact) mass is 222 g/mol. The molecule has 86 valence electrons. The summed E-state index contributed by atoms with van der Waals surface area (Å²) in [7, 11) is 3.26. The SMILES string of the molecule is C[C@H](NC(=O)c1cnccn1)C(=O)N(C)C. The summed E-state index contributed by atoms with van der Waals surface area (Å²) in [6.07, 6.45) is 4.25. The second-order valence-corrected chi connectivity index (χ2v) is 3.52. The number of carbonyl (C=O) groups is 2. The lowest BCUT2D eigenvalue weighted by atomic mass is 10.3. The Morgan fingerprint density at radius 2 is 2.06 bits per heavy atom. The van der Waals surface area contributed by atoms with E-state index in [0.29, 0.717) is 0 Å². The van der Waals surface area contributed by atoms with E-state index in [-0.39, 0.29) is 11.6 Å². The summed E-state index contributed by atoms with van der Waals surface area (Å²) in [6, 6.07) is -0.579. The molecule has 0 fully saturated rings. The first-order valence-corrected chi connectivity index (χ1v) is 4.80. The first-order chi connectivity index (χ1) is 7.52. The largest absolute Gasteiger partial charge is 0.347 e. The molecule has 0 saturated heterocycles. The third-order valence-electron chi connectivity index (χ3n) is 1.95. The molecule has 1 aromatic heterocycles. The maximum Gasteiger partial charge on any atom is 0.272 e. The summed E-state index contributed by atoms with van der Waals surface area (Å²) in [5.41, 5.74) is 0.195. The van der Waals surface area contributed by atoms with E-state index in [4.69, 9.17) is 0 Å². The van der Waals surface area contributed by atoms with Crippen LogP contribution in [0.1, 0.15) is 17.4 Å². The predicted octanol–water partition coefficient (Wildman–Crippen LogP) is -0.317. The fourth-order valence-electron chi connectivity index (χ4n) is 1.14. The molecular formula is C10H14N4O2. The number of hydrogen-bond acceptors (Lipinski definition) is 4. The van der Waals surface area contributed by atoms with E-state index in [1.165, 1.54) is 23.5 Å². The average Bonchev–Trinajstić information content (AvgIpc) is 2.28. The Morgan fingerprint density at radius 3 is 2.56 bits per heavy atom. The molecule has 0 bridgehead atoms. The smallest absolute Gasteiger partial charge is 0.272 e. The minimum absolute atomic E-state index is 0.169. The van der Waals surface area contributed by atoms with Crippen LogP contribution >= 0.6 is 0 Å². The molecule has 1 atom stereocenters. The molecule has 1 rings (SSSR count). The van der Waals surface area contributed by atoms with Crippen LogP contribution in [0.5, 0.6) is 0 Å². The Morgan fingerprint density at radius 1 is 1.38 bits per heavy atom. The van der Waals surface area contributed by atoms with Crippen molar-refractivity contribution in [2.45, 2.75) is 13.0 Å². The quantitative estimate of drug-likeness (QED) is 0.760. The maximum atomic E-state index is 11.6. The van der Waals surface area contributed by atoms with Crippen molar-refractivity contribution in [2.75, 3.05) is 14.1 Å². The second-order valence-electron chi connectivity index (χ2n) is 3.52. The van der Waals surface area contributed by atoms with Crippen molar-refractivity contribution in [1.82, 2.24) is 20.2 Å². The number of likely N-dealkylation sites (N-methyl/N-ethyl adjacent to an activating group) is 1. The fraction of sp³-hybridized carbons (Fsp3) is 0.400. The molecule has 0 aliphatic rings. The number of aromatic nitrogens is 2. The first kappa shape index (κ1) is 12.1. The highest BCUT2D eigenvalue weighted by Gasteiger charge is 2.18. The van der Waals surface area contributed by atoms with E-state index < -0.39 is 11.9 Å². The molecular weight excluding hydrogens is 208 g/mol. The van der Waals surface area contributed by atoms with Crippen LogP contribution in [0, 0.1) is 0 Å². The van der Waals surface area contributed by atoms with E-state index in [9.17, 15) is 9.59 Å². The molecule has 16 heavy (non-hydrogen) atoms. The van der Waals surface area contributed by atoms with E-state index in [2.05, 4.69) is 15.3 Å². The Kier molecular flexibility index (Phi) is 3.93. The summed E-state index contributed by atoms with van der Waals surface area (Å²) < 4.78 is 0. The van der Waals surface area contributed by atoms with E-state index in [0.717, 1.165) is 0 Å². The van der Waals surface area contributed by atoms with Gasteiger partial charge in [-0.2, -0.15) is 0 Å². The van der Waals surface area contributed by atoms with Gasteiger partial charge in [-0.1, -0.05) is 0 Å². The van der Waals surface area contributed by atoms with Gasteiger partial charge < -0.3 is 10.2 Å². The zero-order chi connectivity index (χ0) is 12.1. The van der Waals surface area contributed by atoms with Gasteiger partial charge in [0.2, 0.25) is 5.91 Å². The van der Waals surface area contributed by atoms with Gasteiger partial charge in [-0.15, -0.1) is 0 Å². The van der Waals surface area contributed by atoms with E-state index >= 15 is 0 Å². The summed E-state index contributed by atoms with van der Waals surface area (Å²) in [6.45, 7) is 1.62. The molecule has 1 aromatic rings. The van der Waals surface area contributed by atoms with Gasteiger partial charge in [0.25, 0.3) is 5.91 Å². The number of amides is 2. The minimum atomic E-state index is -0.579. The van der Waals surface area contributed by atoms with Crippen LogP contribution in [0.15, 0.2) is 18.6 Å². The zero-order valence-corrected chi connectivity index (χ0v) is 9.47. The second kappa shape index (κ2) is 5.20. The van der Waals surface area contributed by atoms with Crippen molar-refractivity contribution in [3.63, 3.8) is 0 Å².